The van der Waals surface area contributed by atoms with Gasteiger partial charge < -0.3 is 5.32 Å². The predicted octanol–water partition coefficient (Wildman–Crippen LogP) is 1.89. The Labute approximate surface area is 125 Å². The van der Waals surface area contributed by atoms with Crippen molar-refractivity contribution in [1.82, 2.24) is 5.32 Å². The summed E-state index contributed by atoms with van der Waals surface area (Å²) in [5, 5.41) is 2.84. The van der Waals surface area contributed by atoms with Crippen molar-refractivity contribution in [3.63, 3.8) is 0 Å². The van der Waals surface area contributed by atoms with E-state index >= 15 is 0 Å². The van der Waals surface area contributed by atoms with Crippen molar-refractivity contribution in [3.05, 3.63) is 65.5 Å². The maximum Gasteiger partial charge on any atom is 0.227 e. The Kier molecular flexibility index (Phi) is 5.15. The van der Waals surface area contributed by atoms with Gasteiger partial charge >= 0.3 is 0 Å². The van der Waals surface area contributed by atoms with Crippen molar-refractivity contribution in [3.8, 4) is 0 Å². The van der Waals surface area contributed by atoms with E-state index in [-0.39, 0.29) is 24.2 Å². The number of nitrogens with one attached hydrogen (secondary N) is 1. The average molecular weight is 283 g/mol. The molecule has 0 aromatic heterocycles. The fraction of sp³-hybridized carbons (Fsp3) is 0.235. The van der Waals surface area contributed by atoms with Gasteiger partial charge in [0.05, 0.1) is 5.92 Å². The number of hydrogen-bond donors (Lipinski definition) is 1. The fourth-order valence-corrected chi connectivity index (χ4v) is 2.40. The van der Waals surface area contributed by atoms with Gasteiger partial charge in [0.2, 0.25) is 5.91 Å². The molecule has 0 saturated carbocycles. The van der Waals surface area contributed by atoms with Crippen LogP contribution in [0, 0.1) is 5.82 Å². The lowest BCUT2D eigenvalue weighted by Crippen LogP contribution is -2.29. The molecule has 2 aromatic rings. The van der Waals surface area contributed by atoms with Crippen LogP contribution in [0.1, 0.15) is 30.4 Å². The Morgan fingerprint density at radius 2 is 1.95 bits per heavy atom. The van der Waals surface area contributed by atoms with Gasteiger partial charge in [0.25, 0.3) is 0 Å². The zero-order valence-corrected chi connectivity index (χ0v) is 12.4. The molecule has 1 unspecified atom stereocenters. The topological polar surface area (TPSA) is 29.1 Å². The maximum absolute atomic E-state index is 13.7. The second-order valence-electron chi connectivity index (χ2n) is 5.18. The quantitative estimate of drug-likeness (QED) is 0.834. The van der Waals surface area contributed by atoms with Gasteiger partial charge in [-0.1, -0.05) is 54.9 Å². The Bertz CT molecular complexity index is 615. The SMILES string of the molecule is Bc1ccc(F)c(CNC(=O)C(CC)c2ccccc2)c1. The zero-order chi connectivity index (χ0) is 15.2. The van der Waals surface area contributed by atoms with Crippen LogP contribution in [0.15, 0.2) is 48.5 Å². The van der Waals surface area contributed by atoms with Crippen LogP contribution >= 0.6 is 0 Å². The van der Waals surface area contributed by atoms with E-state index in [1.807, 2.05) is 45.1 Å². The van der Waals surface area contributed by atoms with Crippen LogP contribution in [-0.2, 0) is 11.3 Å². The Morgan fingerprint density at radius 1 is 1.24 bits per heavy atom. The monoisotopic (exact) mass is 283 g/mol. The molecule has 0 fully saturated rings. The summed E-state index contributed by atoms with van der Waals surface area (Å²) in [7, 11) is 1.91. The molecule has 0 heterocycles. The summed E-state index contributed by atoms with van der Waals surface area (Å²) in [5.74, 6) is -0.544. The van der Waals surface area contributed by atoms with Crippen molar-refractivity contribution in [1.29, 1.82) is 0 Å². The van der Waals surface area contributed by atoms with Crippen LogP contribution in [0.3, 0.4) is 0 Å². The fourth-order valence-electron chi connectivity index (χ4n) is 2.40. The lowest BCUT2D eigenvalue weighted by molar-refractivity contribution is -0.122. The molecule has 2 aromatic carbocycles. The highest BCUT2D eigenvalue weighted by molar-refractivity contribution is 6.32. The third-order valence-electron chi connectivity index (χ3n) is 3.58. The second kappa shape index (κ2) is 7.07. The standard InChI is InChI=1S/C17H19BFNO/c1-2-15(12-6-4-3-5-7-12)17(21)20-11-13-10-14(18)8-9-16(13)19/h3-10,15H,2,11,18H2,1H3,(H,20,21). The van der Waals surface area contributed by atoms with E-state index in [0.29, 0.717) is 12.0 Å². The molecule has 0 bridgehead atoms. The van der Waals surface area contributed by atoms with Gasteiger partial charge in [0, 0.05) is 12.1 Å². The molecule has 0 spiro atoms. The largest absolute Gasteiger partial charge is 0.351 e. The van der Waals surface area contributed by atoms with E-state index in [9.17, 15) is 9.18 Å². The van der Waals surface area contributed by atoms with Crippen LogP contribution < -0.4 is 10.8 Å². The highest BCUT2D eigenvalue weighted by Crippen LogP contribution is 2.19. The first kappa shape index (κ1) is 15.3. The van der Waals surface area contributed by atoms with Gasteiger partial charge in [-0.05, 0) is 18.1 Å². The van der Waals surface area contributed by atoms with Gasteiger partial charge in [0.15, 0.2) is 0 Å². The van der Waals surface area contributed by atoms with E-state index in [0.717, 1.165) is 11.0 Å². The molecule has 2 rings (SSSR count). The molecular formula is C17H19BFNO. The Morgan fingerprint density at radius 3 is 2.62 bits per heavy atom. The van der Waals surface area contributed by atoms with Crippen molar-refractivity contribution in [2.75, 3.05) is 0 Å². The first-order chi connectivity index (χ1) is 10.1. The summed E-state index contributed by atoms with van der Waals surface area (Å²) >= 11 is 0. The van der Waals surface area contributed by atoms with E-state index in [1.54, 1.807) is 12.1 Å². The molecule has 1 N–H and O–H groups in total. The van der Waals surface area contributed by atoms with Gasteiger partial charge in [-0.25, -0.2) is 4.39 Å². The number of hydrogen-bond acceptors (Lipinski definition) is 1. The van der Waals surface area contributed by atoms with E-state index < -0.39 is 0 Å². The minimum Gasteiger partial charge on any atom is -0.351 e. The summed E-state index contributed by atoms with van der Waals surface area (Å²) in [6.07, 6.45) is 0.714. The van der Waals surface area contributed by atoms with Crippen LogP contribution in [-0.4, -0.2) is 13.8 Å². The predicted molar refractivity (Wildman–Crippen MR) is 85.9 cm³/mol. The molecule has 21 heavy (non-hydrogen) atoms. The molecular weight excluding hydrogens is 264 g/mol. The Hall–Kier alpha value is -2.10. The minimum atomic E-state index is -0.284. The summed E-state index contributed by atoms with van der Waals surface area (Å²) in [5.41, 5.74) is 2.49. The Balaban J connectivity index is 2.05. The number of rotatable bonds is 5. The summed E-state index contributed by atoms with van der Waals surface area (Å²) in [6.45, 7) is 2.19. The van der Waals surface area contributed by atoms with Gasteiger partial charge in [-0.3, -0.25) is 4.79 Å². The van der Waals surface area contributed by atoms with Crippen molar-refractivity contribution >= 4 is 19.2 Å². The third kappa shape index (κ3) is 3.94. The lowest BCUT2D eigenvalue weighted by atomic mass is 9.93. The maximum atomic E-state index is 13.7. The molecule has 0 aliphatic carbocycles. The molecule has 0 radical (unpaired) electrons. The number of benzene rings is 2. The number of carbonyl (C=O) groups is 1. The highest BCUT2D eigenvalue weighted by Gasteiger charge is 2.18. The minimum absolute atomic E-state index is 0.0652. The summed E-state index contributed by atoms with van der Waals surface area (Å²) in [6, 6.07) is 14.6. The van der Waals surface area contributed by atoms with Crippen molar-refractivity contribution in [2.45, 2.75) is 25.8 Å². The van der Waals surface area contributed by atoms with Crippen molar-refractivity contribution in [2.24, 2.45) is 0 Å². The van der Waals surface area contributed by atoms with E-state index in [2.05, 4.69) is 5.32 Å². The van der Waals surface area contributed by atoms with Gasteiger partial charge in [-0.2, -0.15) is 0 Å². The molecule has 0 aliphatic rings. The average Bonchev–Trinajstić information content (AvgIpc) is 2.50. The molecule has 2 nitrogen and oxygen atoms in total. The molecule has 0 saturated heterocycles. The van der Waals surface area contributed by atoms with E-state index in [1.165, 1.54) is 6.07 Å². The van der Waals surface area contributed by atoms with E-state index in [4.69, 9.17) is 0 Å². The highest BCUT2D eigenvalue weighted by atomic mass is 19.1. The first-order valence-corrected chi connectivity index (χ1v) is 7.19. The lowest BCUT2D eigenvalue weighted by Gasteiger charge is -2.15. The van der Waals surface area contributed by atoms with Crippen LogP contribution in [0.2, 0.25) is 0 Å². The number of carbonyl (C=O) groups excluding carboxylic acids is 1. The van der Waals surface area contributed by atoms with Gasteiger partial charge in [0.1, 0.15) is 13.7 Å². The number of amides is 1. The molecule has 108 valence electrons. The van der Waals surface area contributed by atoms with Crippen LogP contribution in [0.4, 0.5) is 4.39 Å². The second-order valence-corrected chi connectivity index (χ2v) is 5.18. The summed E-state index contributed by atoms with van der Waals surface area (Å²) in [4.78, 5) is 12.3. The van der Waals surface area contributed by atoms with Crippen molar-refractivity contribution < 1.29 is 9.18 Å². The molecule has 4 heteroatoms. The molecule has 1 atom stereocenters. The molecule has 1 amide bonds. The zero-order valence-electron chi connectivity index (χ0n) is 12.4. The third-order valence-corrected chi connectivity index (χ3v) is 3.58. The smallest absolute Gasteiger partial charge is 0.227 e. The first-order valence-electron chi connectivity index (χ1n) is 7.19. The molecule has 0 aliphatic heterocycles. The van der Waals surface area contributed by atoms with Crippen LogP contribution in [0.5, 0.6) is 0 Å². The van der Waals surface area contributed by atoms with Gasteiger partial charge in [-0.15, -0.1) is 0 Å². The number of halogens is 1. The normalized spacial score (nSPS) is 11.9. The summed E-state index contributed by atoms with van der Waals surface area (Å²) < 4.78 is 13.7. The van der Waals surface area contributed by atoms with Crippen LogP contribution in [0.25, 0.3) is 0 Å².